The number of nitrogens with zero attached hydrogens (tertiary/aromatic N) is 1. The van der Waals surface area contributed by atoms with Crippen LogP contribution in [0.15, 0.2) is 17.8 Å². The highest BCUT2D eigenvalue weighted by Gasteiger charge is 2.09. The van der Waals surface area contributed by atoms with Gasteiger partial charge in [-0.05, 0) is 20.3 Å². The first-order valence-corrected chi connectivity index (χ1v) is 5.29. The zero-order valence-corrected chi connectivity index (χ0v) is 10.4. The third-order valence-electron chi connectivity index (χ3n) is 1.80. The Hall–Kier alpha value is -1.85. The van der Waals surface area contributed by atoms with Crippen molar-refractivity contribution in [1.82, 2.24) is 5.32 Å². The minimum Gasteiger partial charge on any atom is -0.460 e. The standard InChI is InChI=1S/C11H18N2O4/c1-5-8(3)13-17-11(15)12-9(4)7-16-10(14)6-2/h6,9H,2,5,7H2,1,3-4H3,(H,12,15)/b13-8+. The summed E-state index contributed by atoms with van der Waals surface area (Å²) in [6.07, 6.45) is 1.08. The van der Waals surface area contributed by atoms with Gasteiger partial charge in [-0.25, -0.2) is 9.59 Å². The van der Waals surface area contributed by atoms with Crippen LogP contribution in [0.4, 0.5) is 4.79 Å². The van der Waals surface area contributed by atoms with Crippen LogP contribution in [0, 0.1) is 0 Å². The van der Waals surface area contributed by atoms with Crippen molar-refractivity contribution >= 4 is 17.8 Å². The quantitative estimate of drug-likeness (QED) is 0.252. The van der Waals surface area contributed by atoms with Gasteiger partial charge in [0.2, 0.25) is 0 Å². The monoisotopic (exact) mass is 242 g/mol. The number of ether oxygens (including phenoxy) is 1. The summed E-state index contributed by atoms with van der Waals surface area (Å²) < 4.78 is 4.74. The Bertz CT molecular complexity index is 313. The fourth-order valence-corrected chi connectivity index (χ4v) is 0.719. The lowest BCUT2D eigenvalue weighted by Crippen LogP contribution is -2.36. The van der Waals surface area contributed by atoms with Crippen LogP contribution < -0.4 is 5.32 Å². The third-order valence-corrected chi connectivity index (χ3v) is 1.80. The van der Waals surface area contributed by atoms with Crippen molar-refractivity contribution in [2.45, 2.75) is 33.2 Å². The number of amides is 1. The molecule has 1 unspecified atom stereocenters. The second-order valence-electron chi connectivity index (χ2n) is 3.44. The van der Waals surface area contributed by atoms with Crippen molar-refractivity contribution < 1.29 is 19.2 Å². The van der Waals surface area contributed by atoms with Crippen LogP contribution in [-0.2, 0) is 14.4 Å². The molecule has 0 aliphatic carbocycles. The van der Waals surface area contributed by atoms with E-state index in [2.05, 4.69) is 21.9 Å². The van der Waals surface area contributed by atoms with E-state index in [4.69, 9.17) is 4.74 Å². The number of carbonyl (C=O) groups is 2. The zero-order valence-electron chi connectivity index (χ0n) is 10.4. The first-order chi connectivity index (χ1) is 7.99. The van der Waals surface area contributed by atoms with E-state index in [1.807, 2.05) is 6.92 Å². The van der Waals surface area contributed by atoms with Gasteiger partial charge in [-0.1, -0.05) is 18.7 Å². The fourth-order valence-electron chi connectivity index (χ4n) is 0.719. The van der Waals surface area contributed by atoms with Gasteiger partial charge in [0.15, 0.2) is 0 Å². The largest absolute Gasteiger partial charge is 0.460 e. The molecule has 0 bridgehead atoms. The molecule has 1 atom stereocenters. The van der Waals surface area contributed by atoms with Gasteiger partial charge in [0.05, 0.1) is 11.8 Å². The number of oxime groups is 1. The molecule has 0 rings (SSSR count). The zero-order chi connectivity index (χ0) is 13.3. The van der Waals surface area contributed by atoms with Crippen molar-refractivity contribution in [3.05, 3.63) is 12.7 Å². The van der Waals surface area contributed by atoms with Gasteiger partial charge >= 0.3 is 12.1 Å². The van der Waals surface area contributed by atoms with Gasteiger partial charge in [-0.15, -0.1) is 0 Å². The van der Waals surface area contributed by atoms with E-state index >= 15 is 0 Å². The summed E-state index contributed by atoms with van der Waals surface area (Å²) in [5.41, 5.74) is 0.714. The van der Waals surface area contributed by atoms with E-state index in [0.717, 1.165) is 6.08 Å². The Balaban J connectivity index is 3.88. The lowest BCUT2D eigenvalue weighted by molar-refractivity contribution is -0.138. The molecule has 0 fully saturated rings. The molecule has 1 amide bonds. The minimum absolute atomic E-state index is 0.0520. The topological polar surface area (TPSA) is 77.0 Å². The van der Waals surface area contributed by atoms with Crippen molar-refractivity contribution in [2.24, 2.45) is 5.16 Å². The summed E-state index contributed by atoms with van der Waals surface area (Å²) in [5, 5.41) is 6.05. The molecule has 17 heavy (non-hydrogen) atoms. The molecule has 1 N–H and O–H groups in total. The lowest BCUT2D eigenvalue weighted by atomic mass is 10.3. The summed E-state index contributed by atoms with van der Waals surface area (Å²) in [6.45, 7) is 8.63. The van der Waals surface area contributed by atoms with E-state index in [-0.39, 0.29) is 12.6 Å². The molecular weight excluding hydrogens is 224 g/mol. The number of rotatable bonds is 6. The Morgan fingerprint density at radius 1 is 1.53 bits per heavy atom. The smallest absolute Gasteiger partial charge is 0.433 e. The highest BCUT2D eigenvalue weighted by atomic mass is 16.7. The highest BCUT2D eigenvalue weighted by molar-refractivity contribution is 5.82. The molecule has 0 radical (unpaired) electrons. The van der Waals surface area contributed by atoms with E-state index in [0.29, 0.717) is 12.1 Å². The van der Waals surface area contributed by atoms with Crippen LogP contribution in [0.25, 0.3) is 0 Å². The number of esters is 1. The first-order valence-electron chi connectivity index (χ1n) is 5.29. The Kier molecular flexibility index (Phi) is 7.41. The first kappa shape index (κ1) is 15.2. The van der Waals surface area contributed by atoms with E-state index in [1.54, 1.807) is 13.8 Å². The molecular formula is C11H18N2O4. The van der Waals surface area contributed by atoms with Crippen LogP contribution in [-0.4, -0.2) is 30.4 Å². The highest BCUT2D eigenvalue weighted by Crippen LogP contribution is 1.91. The summed E-state index contributed by atoms with van der Waals surface area (Å²) in [5.74, 6) is -0.535. The maximum Gasteiger partial charge on any atom is 0.433 e. The molecule has 0 spiro atoms. The second-order valence-corrected chi connectivity index (χ2v) is 3.44. The predicted octanol–water partition coefficient (Wildman–Crippen LogP) is 1.62. The van der Waals surface area contributed by atoms with E-state index < -0.39 is 12.1 Å². The Morgan fingerprint density at radius 2 is 2.18 bits per heavy atom. The van der Waals surface area contributed by atoms with Crippen LogP contribution in [0.3, 0.4) is 0 Å². The van der Waals surface area contributed by atoms with Gasteiger partial charge < -0.3 is 10.1 Å². The van der Waals surface area contributed by atoms with Crippen LogP contribution in [0.2, 0.25) is 0 Å². The van der Waals surface area contributed by atoms with Crippen molar-refractivity contribution in [3.8, 4) is 0 Å². The SMILES string of the molecule is C=CC(=O)OCC(C)NC(=O)O/N=C(\C)CC. The minimum atomic E-state index is -0.681. The predicted molar refractivity (Wildman–Crippen MR) is 63.6 cm³/mol. The number of hydrogen-bond acceptors (Lipinski definition) is 5. The van der Waals surface area contributed by atoms with E-state index in [1.165, 1.54) is 0 Å². The van der Waals surface area contributed by atoms with Gasteiger partial charge in [0.1, 0.15) is 6.61 Å². The second kappa shape index (κ2) is 8.32. The van der Waals surface area contributed by atoms with Gasteiger partial charge in [0.25, 0.3) is 0 Å². The molecule has 0 saturated heterocycles. The molecule has 0 aromatic rings. The molecule has 0 aromatic carbocycles. The summed E-state index contributed by atoms with van der Waals surface area (Å²) in [4.78, 5) is 26.5. The Labute approximate surface area is 101 Å². The summed E-state index contributed by atoms with van der Waals surface area (Å²) in [7, 11) is 0. The van der Waals surface area contributed by atoms with E-state index in [9.17, 15) is 9.59 Å². The molecule has 96 valence electrons. The van der Waals surface area contributed by atoms with Crippen LogP contribution >= 0.6 is 0 Å². The number of nitrogens with one attached hydrogen (secondary N) is 1. The number of carbonyl (C=O) groups excluding carboxylic acids is 2. The van der Waals surface area contributed by atoms with Crippen LogP contribution in [0.1, 0.15) is 27.2 Å². The number of hydrogen-bond donors (Lipinski definition) is 1. The summed E-state index contributed by atoms with van der Waals surface area (Å²) >= 11 is 0. The fraction of sp³-hybridized carbons (Fsp3) is 0.545. The molecule has 0 aromatic heterocycles. The van der Waals surface area contributed by atoms with Crippen LogP contribution in [0.5, 0.6) is 0 Å². The molecule has 0 saturated carbocycles. The molecule has 0 aliphatic heterocycles. The maximum absolute atomic E-state index is 11.2. The van der Waals surface area contributed by atoms with Gasteiger partial charge in [-0.3, -0.25) is 4.84 Å². The molecule has 6 heteroatoms. The third kappa shape index (κ3) is 8.01. The molecule has 0 aliphatic rings. The van der Waals surface area contributed by atoms with Crippen molar-refractivity contribution in [1.29, 1.82) is 0 Å². The molecule has 0 heterocycles. The average molecular weight is 242 g/mol. The van der Waals surface area contributed by atoms with Crippen molar-refractivity contribution in [3.63, 3.8) is 0 Å². The normalized spacial score (nSPS) is 12.5. The summed E-state index contributed by atoms with van der Waals surface area (Å²) in [6, 6.07) is -0.358. The maximum atomic E-state index is 11.2. The average Bonchev–Trinajstić information content (AvgIpc) is 2.32. The lowest BCUT2D eigenvalue weighted by Gasteiger charge is -2.11. The molecule has 6 nitrogen and oxygen atoms in total. The van der Waals surface area contributed by atoms with Gasteiger partial charge in [0, 0.05) is 6.08 Å². The van der Waals surface area contributed by atoms with Crippen molar-refractivity contribution in [2.75, 3.05) is 6.61 Å². The van der Waals surface area contributed by atoms with Gasteiger partial charge in [-0.2, -0.15) is 0 Å². The Morgan fingerprint density at radius 3 is 2.71 bits per heavy atom.